The van der Waals surface area contributed by atoms with Gasteiger partial charge in [0.25, 0.3) is 0 Å². The van der Waals surface area contributed by atoms with E-state index in [0.29, 0.717) is 25.9 Å². The van der Waals surface area contributed by atoms with Crippen molar-refractivity contribution < 1.29 is 24.2 Å². The molecule has 0 aliphatic carbocycles. The van der Waals surface area contributed by atoms with Crippen LogP contribution in [0.2, 0.25) is 0 Å². The van der Waals surface area contributed by atoms with Crippen LogP contribution >= 0.6 is 0 Å². The Hall–Kier alpha value is -2.04. The Labute approximate surface area is 111 Å². The number of esters is 2. The normalized spacial score (nSPS) is 17.5. The summed E-state index contributed by atoms with van der Waals surface area (Å²) in [5.74, 6) is -0.839. The minimum absolute atomic E-state index is 0.0409. The summed E-state index contributed by atoms with van der Waals surface area (Å²) in [6.07, 6.45) is 1.63. The van der Waals surface area contributed by atoms with Crippen molar-refractivity contribution in [2.45, 2.75) is 32.3 Å². The minimum atomic E-state index is -0.489. The van der Waals surface area contributed by atoms with Gasteiger partial charge in [-0.15, -0.1) is 0 Å². The minimum Gasteiger partial charge on any atom is -0.507 e. The van der Waals surface area contributed by atoms with Crippen LogP contribution in [0.1, 0.15) is 35.7 Å². The second kappa shape index (κ2) is 5.73. The van der Waals surface area contributed by atoms with Gasteiger partial charge in [0.15, 0.2) is 0 Å². The molecule has 0 spiro atoms. The maximum absolute atomic E-state index is 11.8. The molecule has 0 aromatic heterocycles. The lowest BCUT2D eigenvalue weighted by Crippen LogP contribution is -2.28. The van der Waals surface area contributed by atoms with E-state index in [4.69, 9.17) is 9.47 Å². The molecule has 0 radical (unpaired) electrons. The van der Waals surface area contributed by atoms with E-state index in [9.17, 15) is 14.7 Å². The van der Waals surface area contributed by atoms with Gasteiger partial charge in [0.2, 0.25) is 0 Å². The average molecular weight is 264 g/mol. The molecule has 5 nitrogen and oxygen atoms in total. The number of hydrogen-bond donors (Lipinski definition) is 1. The lowest BCUT2D eigenvalue weighted by molar-refractivity contribution is -0.141. The van der Waals surface area contributed by atoms with E-state index in [1.807, 2.05) is 6.07 Å². The summed E-state index contributed by atoms with van der Waals surface area (Å²) in [7, 11) is 0. The van der Waals surface area contributed by atoms with Gasteiger partial charge in [-0.3, -0.25) is 4.79 Å². The zero-order chi connectivity index (χ0) is 13.8. The van der Waals surface area contributed by atoms with E-state index >= 15 is 0 Å². The summed E-state index contributed by atoms with van der Waals surface area (Å²) >= 11 is 0. The number of rotatable bonds is 4. The van der Waals surface area contributed by atoms with E-state index in [0.717, 1.165) is 5.56 Å². The van der Waals surface area contributed by atoms with Gasteiger partial charge in [-0.05, 0) is 24.5 Å². The molecule has 1 aromatic carbocycles. The summed E-state index contributed by atoms with van der Waals surface area (Å²) in [6.45, 7) is 1.69. The predicted molar refractivity (Wildman–Crippen MR) is 66.9 cm³/mol. The van der Waals surface area contributed by atoms with Crippen molar-refractivity contribution in [1.82, 2.24) is 0 Å². The lowest BCUT2D eigenvalue weighted by atomic mass is 9.96. The molecule has 1 aromatic rings. The highest BCUT2D eigenvalue weighted by atomic mass is 16.5. The molecule has 0 bridgehead atoms. The highest BCUT2D eigenvalue weighted by Gasteiger charge is 2.28. The highest BCUT2D eigenvalue weighted by molar-refractivity contribution is 5.95. The molecule has 0 fully saturated rings. The van der Waals surface area contributed by atoms with Gasteiger partial charge in [-0.2, -0.15) is 0 Å². The molecule has 2 rings (SSSR count). The summed E-state index contributed by atoms with van der Waals surface area (Å²) < 4.78 is 10.1. The van der Waals surface area contributed by atoms with Crippen molar-refractivity contribution in [3.05, 3.63) is 29.3 Å². The molecule has 1 heterocycles. The number of cyclic esters (lactones) is 1. The van der Waals surface area contributed by atoms with Crippen molar-refractivity contribution >= 4 is 11.9 Å². The molecule has 1 atom stereocenters. The first-order valence-corrected chi connectivity index (χ1v) is 6.23. The first kappa shape index (κ1) is 13.4. The van der Waals surface area contributed by atoms with Crippen molar-refractivity contribution in [2.75, 3.05) is 6.61 Å². The first-order chi connectivity index (χ1) is 9.08. The van der Waals surface area contributed by atoms with Crippen LogP contribution in [0, 0.1) is 0 Å². The molecular weight excluding hydrogens is 248 g/mol. The van der Waals surface area contributed by atoms with Gasteiger partial charge >= 0.3 is 11.9 Å². The fourth-order valence-electron chi connectivity index (χ4n) is 2.18. The standard InChI is InChI=1S/C14H16O5/c1-9(15)18-7-3-5-11-8-10-4-2-6-12(16)13(10)14(17)19-11/h2,4,6,11,16H,3,5,7-8H2,1H3/t11-/m1/s1. The van der Waals surface area contributed by atoms with E-state index in [-0.39, 0.29) is 23.4 Å². The second-order valence-electron chi connectivity index (χ2n) is 4.52. The van der Waals surface area contributed by atoms with Crippen LogP contribution < -0.4 is 0 Å². The van der Waals surface area contributed by atoms with Crippen LogP contribution in [0.3, 0.4) is 0 Å². The molecular formula is C14H16O5. The fraction of sp³-hybridized carbons (Fsp3) is 0.429. The third-order valence-corrected chi connectivity index (χ3v) is 3.03. The number of benzene rings is 1. The molecule has 0 unspecified atom stereocenters. The Morgan fingerprint density at radius 2 is 2.32 bits per heavy atom. The van der Waals surface area contributed by atoms with Crippen LogP contribution in [-0.2, 0) is 20.7 Å². The SMILES string of the molecule is CC(=O)OCCC[C@@H]1Cc2cccc(O)c2C(=O)O1. The van der Waals surface area contributed by atoms with Crippen LogP contribution in [-0.4, -0.2) is 29.8 Å². The van der Waals surface area contributed by atoms with Gasteiger partial charge in [0.1, 0.15) is 17.4 Å². The number of phenols is 1. The summed E-state index contributed by atoms with van der Waals surface area (Å²) in [4.78, 5) is 22.4. The molecule has 102 valence electrons. The topological polar surface area (TPSA) is 72.8 Å². The van der Waals surface area contributed by atoms with Crippen LogP contribution in [0.15, 0.2) is 18.2 Å². The monoisotopic (exact) mass is 264 g/mol. The van der Waals surface area contributed by atoms with Crippen LogP contribution in [0.4, 0.5) is 0 Å². The number of ether oxygens (including phenoxy) is 2. The predicted octanol–water partition coefficient (Wildman–Crippen LogP) is 1.82. The Kier molecular flexibility index (Phi) is 4.04. The van der Waals surface area contributed by atoms with E-state index < -0.39 is 5.97 Å². The maximum Gasteiger partial charge on any atom is 0.342 e. The Balaban J connectivity index is 1.94. The smallest absolute Gasteiger partial charge is 0.342 e. The number of hydrogen-bond acceptors (Lipinski definition) is 5. The van der Waals surface area contributed by atoms with Crippen molar-refractivity contribution in [3.63, 3.8) is 0 Å². The fourth-order valence-corrected chi connectivity index (χ4v) is 2.18. The molecule has 19 heavy (non-hydrogen) atoms. The quantitative estimate of drug-likeness (QED) is 0.663. The van der Waals surface area contributed by atoms with Gasteiger partial charge in [0.05, 0.1) is 6.61 Å². The number of fused-ring (bicyclic) bond motifs is 1. The van der Waals surface area contributed by atoms with Crippen molar-refractivity contribution in [1.29, 1.82) is 0 Å². The molecule has 0 saturated carbocycles. The highest BCUT2D eigenvalue weighted by Crippen LogP contribution is 2.29. The zero-order valence-electron chi connectivity index (χ0n) is 10.7. The molecule has 0 amide bonds. The Morgan fingerprint density at radius 3 is 3.05 bits per heavy atom. The number of carbonyl (C=O) groups excluding carboxylic acids is 2. The molecule has 0 saturated heterocycles. The Morgan fingerprint density at radius 1 is 1.53 bits per heavy atom. The number of aromatic hydroxyl groups is 1. The zero-order valence-corrected chi connectivity index (χ0v) is 10.7. The lowest BCUT2D eigenvalue weighted by Gasteiger charge is -2.25. The summed E-state index contributed by atoms with van der Waals surface area (Å²) in [6, 6.07) is 5.00. The van der Waals surface area contributed by atoms with Crippen molar-refractivity contribution in [3.8, 4) is 5.75 Å². The summed E-state index contributed by atoms with van der Waals surface area (Å²) in [5.41, 5.74) is 1.06. The third-order valence-electron chi connectivity index (χ3n) is 3.03. The van der Waals surface area contributed by atoms with Gasteiger partial charge < -0.3 is 14.6 Å². The van der Waals surface area contributed by atoms with Gasteiger partial charge in [-0.25, -0.2) is 4.79 Å². The summed E-state index contributed by atoms with van der Waals surface area (Å²) in [5, 5.41) is 9.63. The Bertz CT molecular complexity index is 495. The largest absolute Gasteiger partial charge is 0.507 e. The third kappa shape index (κ3) is 3.24. The average Bonchev–Trinajstić information content (AvgIpc) is 2.34. The molecule has 1 aliphatic heterocycles. The van der Waals surface area contributed by atoms with Crippen molar-refractivity contribution in [2.24, 2.45) is 0 Å². The molecule has 1 aliphatic rings. The van der Waals surface area contributed by atoms with Crippen LogP contribution in [0.25, 0.3) is 0 Å². The number of phenolic OH excluding ortho intramolecular Hbond substituents is 1. The van der Waals surface area contributed by atoms with E-state index in [1.165, 1.54) is 13.0 Å². The van der Waals surface area contributed by atoms with Gasteiger partial charge in [-0.1, -0.05) is 12.1 Å². The van der Waals surface area contributed by atoms with E-state index in [2.05, 4.69) is 0 Å². The van der Waals surface area contributed by atoms with Gasteiger partial charge in [0, 0.05) is 13.3 Å². The maximum atomic E-state index is 11.8. The number of carbonyl (C=O) groups is 2. The molecule has 1 N–H and O–H groups in total. The molecule has 5 heteroatoms. The second-order valence-corrected chi connectivity index (χ2v) is 4.52. The first-order valence-electron chi connectivity index (χ1n) is 6.23. The van der Waals surface area contributed by atoms with E-state index in [1.54, 1.807) is 6.07 Å². The van der Waals surface area contributed by atoms with Crippen LogP contribution in [0.5, 0.6) is 5.75 Å².